The molecule has 0 aliphatic heterocycles. The fraction of sp³-hybridized carbons (Fsp3) is 0.176. The van der Waals surface area contributed by atoms with E-state index in [9.17, 15) is 9.18 Å². The average Bonchev–Trinajstić information content (AvgIpc) is 2.53. The molecule has 2 rings (SSSR count). The lowest BCUT2D eigenvalue weighted by molar-refractivity contribution is -0.125. The second-order valence-electron chi connectivity index (χ2n) is 4.74. The number of pyridine rings is 1. The summed E-state index contributed by atoms with van der Waals surface area (Å²) in [5.74, 6) is -0.462. The van der Waals surface area contributed by atoms with Crippen molar-refractivity contribution in [3.05, 3.63) is 65.7 Å². The summed E-state index contributed by atoms with van der Waals surface area (Å²) in [5, 5.41) is 0. The molecular weight excluding hydrogens is 283 g/mol. The Labute approximate surface area is 128 Å². The average molecular weight is 300 g/mol. The summed E-state index contributed by atoms with van der Waals surface area (Å²) < 4.78 is 18.4. The number of benzene rings is 1. The fourth-order valence-corrected chi connectivity index (χ4v) is 1.89. The van der Waals surface area contributed by atoms with Gasteiger partial charge in [-0.3, -0.25) is 9.78 Å². The van der Waals surface area contributed by atoms with Crippen molar-refractivity contribution in [2.75, 3.05) is 14.2 Å². The van der Waals surface area contributed by atoms with Gasteiger partial charge in [-0.2, -0.15) is 0 Å². The number of nitrogens with zero attached hydrogens (tertiary/aromatic N) is 2. The predicted molar refractivity (Wildman–Crippen MR) is 82.7 cm³/mol. The number of likely N-dealkylation sites (N-methyl/N-ethyl adjacent to an activating group) is 1. The molecule has 0 radical (unpaired) electrons. The molecule has 1 amide bonds. The fourth-order valence-electron chi connectivity index (χ4n) is 1.89. The number of halogens is 1. The van der Waals surface area contributed by atoms with Crippen molar-refractivity contribution in [1.82, 2.24) is 9.88 Å². The molecule has 0 fully saturated rings. The molecule has 0 aliphatic carbocycles. The van der Waals surface area contributed by atoms with Gasteiger partial charge in [0.1, 0.15) is 0 Å². The zero-order chi connectivity index (χ0) is 15.9. The summed E-state index contributed by atoms with van der Waals surface area (Å²) in [4.78, 5) is 17.7. The van der Waals surface area contributed by atoms with Crippen LogP contribution < -0.4 is 4.74 Å². The number of carbonyl (C=O) groups excluding carboxylic acids is 1. The topological polar surface area (TPSA) is 42.4 Å². The summed E-state index contributed by atoms with van der Waals surface area (Å²) in [6.45, 7) is 0.418. The first-order chi connectivity index (χ1) is 10.6. The molecule has 1 aromatic heterocycles. The molecule has 2 aromatic rings. The highest BCUT2D eigenvalue weighted by Gasteiger charge is 2.07. The minimum absolute atomic E-state index is 0.177. The lowest BCUT2D eigenvalue weighted by Gasteiger charge is -2.14. The van der Waals surface area contributed by atoms with Crippen LogP contribution in [0.15, 0.2) is 48.7 Å². The van der Waals surface area contributed by atoms with Crippen molar-refractivity contribution in [2.24, 2.45) is 0 Å². The standard InChI is InChI=1S/C17H17FN2O2/c1-20(12-14-5-3-4-10-19-14)17(21)9-7-13-6-8-16(22-2)15(18)11-13/h3-11H,12H2,1-2H3/b9-7+. The van der Waals surface area contributed by atoms with Crippen molar-refractivity contribution in [3.63, 3.8) is 0 Å². The van der Waals surface area contributed by atoms with E-state index in [1.807, 2.05) is 18.2 Å². The van der Waals surface area contributed by atoms with Crippen LogP contribution in [0.4, 0.5) is 4.39 Å². The van der Waals surface area contributed by atoms with E-state index in [2.05, 4.69) is 4.98 Å². The van der Waals surface area contributed by atoms with E-state index in [4.69, 9.17) is 4.74 Å². The number of carbonyl (C=O) groups is 1. The molecule has 4 nitrogen and oxygen atoms in total. The van der Waals surface area contributed by atoms with Gasteiger partial charge in [-0.05, 0) is 35.9 Å². The van der Waals surface area contributed by atoms with Crippen molar-refractivity contribution >= 4 is 12.0 Å². The number of aromatic nitrogens is 1. The Morgan fingerprint density at radius 1 is 1.36 bits per heavy atom. The molecule has 1 heterocycles. The quantitative estimate of drug-likeness (QED) is 0.797. The SMILES string of the molecule is COc1ccc(/C=C/C(=O)N(C)Cc2ccccn2)cc1F. The van der Waals surface area contributed by atoms with E-state index >= 15 is 0 Å². The summed E-state index contributed by atoms with van der Waals surface area (Å²) in [6, 6.07) is 10.1. The van der Waals surface area contributed by atoms with Crippen LogP contribution in [0.5, 0.6) is 5.75 Å². The van der Waals surface area contributed by atoms with E-state index in [-0.39, 0.29) is 11.7 Å². The molecular formula is C17H17FN2O2. The van der Waals surface area contributed by atoms with Gasteiger partial charge in [0.25, 0.3) is 0 Å². The molecule has 5 heteroatoms. The minimum atomic E-state index is -0.459. The minimum Gasteiger partial charge on any atom is -0.494 e. The number of ether oxygens (including phenoxy) is 1. The van der Waals surface area contributed by atoms with Gasteiger partial charge < -0.3 is 9.64 Å². The van der Waals surface area contributed by atoms with Crippen LogP contribution in [0, 0.1) is 5.82 Å². The molecule has 0 saturated heterocycles. The van der Waals surface area contributed by atoms with Crippen LogP contribution in [-0.2, 0) is 11.3 Å². The molecule has 0 saturated carbocycles. The summed E-state index contributed by atoms with van der Waals surface area (Å²) in [5.41, 5.74) is 1.40. The third-order valence-corrected chi connectivity index (χ3v) is 3.10. The van der Waals surface area contributed by atoms with E-state index < -0.39 is 5.82 Å². The summed E-state index contributed by atoms with van der Waals surface area (Å²) in [6.07, 6.45) is 4.66. The largest absolute Gasteiger partial charge is 0.494 e. The summed E-state index contributed by atoms with van der Waals surface area (Å²) in [7, 11) is 3.10. The van der Waals surface area contributed by atoms with Crippen LogP contribution in [0.3, 0.4) is 0 Å². The molecule has 0 aliphatic rings. The van der Waals surface area contributed by atoms with Gasteiger partial charge in [-0.25, -0.2) is 4.39 Å². The van der Waals surface area contributed by atoms with E-state index in [0.717, 1.165) is 5.69 Å². The third kappa shape index (κ3) is 4.15. The number of amides is 1. The number of hydrogen-bond donors (Lipinski definition) is 0. The highest BCUT2D eigenvalue weighted by molar-refractivity contribution is 5.91. The smallest absolute Gasteiger partial charge is 0.246 e. The second kappa shape index (κ2) is 7.36. The number of hydrogen-bond acceptors (Lipinski definition) is 3. The predicted octanol–water partition coefficient (Wildman–Crippen LogP) is 2.90. The van der Waals surface area contributed by atoms with Gasteiger partial charge in [0, 0.05) is 19.3 Å². The Hall–Kier alpha value is -2.69. The van der Waals surface area contributed by atoms with Crippen molar-refractivity contribution in [1.29, 1.82) is 0 Å². The first-order valence-electron chi connectivity index (χ1n) is 6.77. The van der Waals surface area contributed by atoms with Crippen molar-refractivity contribution in [3.8, 4) is 5.75 Å². The lowest BCUT2D eigenvalue weighted by Crippen LogP contribution is -2.24. The van der Waals surface area contributed by atoms with Crippen LogP contribution in [0.1, 0.15) is 11.3 Å². The highest BCUT2D eigenvalue weighted by Crippen LogP contribution is 2.18. The third-order valence-electron chi connectivity index (χ3n) is 3.10. The highest BCUT2D eigenvalue weighted by atomic mass is 19.1. The van der Waals surface area contributed by atoms with Crippen molar-refractivity contribution < 1.29 is 13.9 Å². The van der Waals surface area contributed by atoms with E-state index in [0.29, 0.717) is 12.1 Å². The van der Waals surface area contributed by atoms with Crippen LogP contribution in [-0.4, -0.2) is 29.9 Å². The Bertz CT molecular complexity index is 672. The lowest BCUT2D eigenvalue weighted by atomic mass is 10.2. The molecule has 0 unspecified atom stereocenters. The van der Waals surface area contributed by atoms with E-state index in [1.165, 1.54) is 25.3 Å². The maximum Gasteiger partial charge on any atom is 0.246 e. The molecule has 22 heavy (non-hydrogen) atoms. The summed E-state index contributed by atoms with van der Waals surface area (Å²) >= 11 is 0. The Balaban J connectivity index is 2.00. The molecule has 1 aromatic carbocycles. The monoisotopic (exact) mass is 300 g/mol. The first kappa shape index (κ1) is 15.7. The van der Waals surface area contributed by atoms with Gasteiger partial charge in [0.05, 0.1) is 19.3 Å². The molecule has 0 spiro atoms. The number of methoxy groups -OCH3 is 1. The second-order valence-corrected chi connectivity index (χ2v) is 4.74. The van der Waals surface area contributed by atoms with Crippen LogP contribution in [0.2, 0.25) is 0 Å². The molecule has 114 valence electrons. The number of rotatable bonds is 5. The Morgan fingerprint density at radius 2 is 2.18 bits per heavy atom. The normalized spacial score (nSPS) is 10.7. The zero-order valence-electron chi connectivity index (χ0n) is 12.5. The van der Waals surface area contributed by atoms with Gasteiger partial charge in [-0.1, -0.05) is 12.1 Å². The van der Waals surface area contributed by atoms with E-state index in [1.54, 1.807) is 30.3 Å². The molecule has 0 N–H and O–H groups in total. The first-order valence-corrected chi connectivity index (χ1v) is 6.77. The van der Waals surface area contributed by atoms with Gasteiger partial charge in [0.15, 0.2) is 11.6 Å². The van der Waals surface area contributed by atoms with Crippen LogP contribution in [0.25, 0.3) is 6.08 Å². The van der Waals surface area contributed by atoms with Gasteiger partial charge >= 0.3 is 0 Å². The Morgan fingerprint density at radius 3 is 2.82 bits per heavy atom. The van der Waals surface area contributed by atoms with Crippen molar-refractivity contribution in [2.45, 2.75) is 6.54 Å². The van der Waals surface area contributed by atoms with Crippen LogP contribution >= 0.6 is 0 Å². The molecule has 0 bridgehead atoms. The zero-order valence-corrected chi connectivity index (χ0v) is 12.5. The molecule has 0 atom stereocenters. The maximum atomic E-state index is 13.6. The van der Waals surface area contributed by atoms with Gasteiger partial charge in [-0.15, -0.1) is 0 Å². The maximum absolute atomic E-state index is 13.6. The Kier molecular flexibility index (Phi) is 5.25. The van der Waals surface area contributed by atoms with Gasteiger partial charge in [0.2, 0.25) is 5.91 Å².